The van der Waals surface area contributed by atoms with Crippen molar-refractivity contribution in [3.8, 4) is 5.75 Å². The van der Waals surface area contributed by atoms with Crippen LogP contribution >= 0.6 is 35.6 Å². The molecule has 0 atom stereocenters. The molecular weight excluding hydrogens is 493 g/mol. The van der Waals surface area contributed by atoms with Gasteiger partial charge >= 0.3 is 0 Å². The Labute approximate surface area is 188 Å². The second-order valence-corrected chi connectivity index (χ2v) is 6.51. The standard InChI is InChI=1S/C19H26ClN5O2.HI/c1-21-19(25(3)13-16-11-15(20)12-24(16)2)23-9-8-22-18(26)14-6-5-7-17(10-14)27-4;/h5-7,10-12H,8-9,13H2,1-4H3,(H,21,23)(H,22,26);1H. The zero-order valence-corrected chi connectivity index (χ0v) is 19.6. The van der Waals surface area contributed by atoms with Crippen molar-refractivity contribution < 1.29 is 9.53 Å². The highest BCUT2D eigenvalue weighted by atomic mass is 127. The molecular formula is C19H27ClIN5O2. The van der Waals surface area contributed by atoms with Crippen molar-refractivity contribution in [3.63, 3.8) is 0 Å². The van der Waals surface area contributed by atoms with Crippen LogP contribution in [0.1, 0.15) is 16.1 Å². The second kappa shape index (κ2) is 11.8. The Bertz CT molecular complexity index is 809. The van der Waals surface area contributed by atoms with Crippen molar-refractivity contribution in [2.75, 3.05) is 34.3 Å². The van der Waals surface area contributed by atoms with Gasteiger partial charge in [0.25, 0.3) is 5.91 Å². The van der Waals surface area contributed by atoms with Crippen LogP contribution in [0.4, 0.5) is 0 Å². The van der Waals surface area contributed by atoms with E-state index in [2.05, 4.69) is 15.6 Å². The summed E-state index contributed by atoms with van der Waals surface area (Å²) in [6.07, 6.45) is 1.87. The highest BCUT2D eigenvalue weighted by Gasteiger charge is 2.10. The van der Waals surface area contributed by atoms with Crippen molar-refractivity contribution >= 4 is 47.4 Å². The Balaban J connectivity index is 0.00000392. The van der Waals surface area contributed by atoms with Gasteiger partial charge in [0.2, 0.25) is 0 Å². The first-order valence-corrected chi connectivity index (χ1v) is 8.97. The molecule has 1 aromatic heterocycles. The molecule has 0 radical (unpaired) electrons. The minimum Gasteiger partial charge on any atom is -0.497 e. The van der Waals surface area contributed by atoms with Gasteiger partial charge in [-0.1, -0.05) is 17.7 Å². The summed E-state index contributed by atoms with van der Waals surface area (Å²) in [7, 11) is 7.21. The molecule has 0 aliphatic heterocycles. The Morgan fingerprint density at radius 1 is 1.29 bits per heavy atom. The number of nitrogens with zero attached hydrogens (tertiary/aromatic N) is 3. The number of aromatic nitrogens is 1. The largest absolute Gasteiger partial charge is 0.497 e. The number of benzene rings is 1. The first-order chi connectivity index (χ1) is 12.9. The van der Waals surface area contributed by atoms with E-state index >= 15 is 0 Å². The van der Waals surface area contributed by atoms with Crippen LogP contribution in [-0.2, 0) is 13.6 Å². The molecule has 0 bridgehead atoms. The molecule has 0 unspecified atom stereocenters. The number of hydrogen-bond donors (Lipinski definition) is 2. The summed E-state index contributed by atoms with van der Waals surface area (Å²) in [6.45, 7) is 1.69. The van der Waals surface area contributed by atoms with Crippen LogP contribution in [0.15, 0.2) is 41.5 Å². The van der Waals surface area contributed by atoms with Gasteiger partial charge in [-0.05, 0) is 24.3 Å². The molecule has 28 heavy (non-hydrogen) atoms. The van der Waals surface area contributed by atoms with Crippen molar-refractivity contribution in [2.45, 2.75) is 6.54 Å². The van der Waals surface area contributed by atoms with Crippen LogP contribution < -0.4 is 15.4 Å². The molecule has 0 spiro atoms. The van der Waals surface area contributed by atoms with Gasteiger partial charge in [0, 0.05) is 51.7 Å². The van der Waals surface area contributed by atoms with Gasteiger partial charge in [-0.25, -0.2) is 0 Å². The van der Waals surface area contributed by atoms with Crippen LogP contribution in [0, 0.1) is 0 Å². The van der Waals surface area contributed by atoms with E-state index < -0.39 is 0 Å². The summed E-state index contributed by atoms with van der Waals surface area (Å²) in [4.78, 5) is 18.5. The molecule has 0 saturated carbocycles. The molecule has 1 heterocycles. The van der Waals surface area contributed by atoms with Crippen LogP contribution in [0.3, 0.4) is 0 Å². The fourth-order valence-corrected chi connectivity index (χ4v) is 2.91. The van der Waals surface area contributed by atoms with Gasteiger partial charge in [0.05, 0.1) is 18.7 Å². The van der Waals surface area contributed by atoms with Crippen molar-refractivity contribution in [2.24, 2.45) is 12.0 Å². The zero-order valence-electron chi connectivity index (χ0n) is 16.5. The number of guanidine groups is 1. The lowest BCUT2D eigenvalue weighted by molar-refractivity contribution is 0.0954. The lowest BCUT2D eigenvalue weighted by atomic mass is 10.2. The second-order valence-electron chi connectivity index (χ2n) is 6.08. The predicted octanol–water partition coefficient (Wildman–Crippen LogP) is 2.74. The Morgan fingerprint density at radius 3 is 2.61 bits per heavy atom. The monoisotopic (exact) mass is 519 g/mol. The van der Waals surface area contributed by atoms with Crippen LogP contribution in [0.25, 0.3) is 0 Å². The van der Waals surface area contributed by atoms with Gasteiger partial charge in [-0.2, -0.15) is 0 Å². The number of carbonyl (C=O) groups excluding carboxylic acids is 1. The molecule has 2 N–H and O–H groups in total. The number of hydrogen-bond acceptors (Lipinski definition) is 3. The van der Waals surface area contributed by atoms with E-state index in [9.17, 15) is 4.79 Å². The van der Waals surface area contributed by atoms with E-state index in [1.165, 1.54) is 0 Å². The molecule has 2 aromatic rings. The fraction of sp³-hybridized carbons (Fsp3) is 0.368. The van der Waals surface area contributed by atoms with E-state index in [-0.39, 0.29) is 29.9 Å². The number of rotatable bonds is 7. The quantitative estimate of drug-likeness (QED) is 0.255. The SMILES string of the molecule is CN=C(NCCNC(=O)c1cccc(OC)c1)N(C)Cc1cc(Cl)cn1C.I. The van der Waals surface area contributed by atoms with E-state index in [0.717, 1.165) is 11.7 Å². The van der Waals surface area contributed by atoms with Gasteiger partial charge in [-0.15, -0.1) is 24.0 Å². The molecule has 0 saturated heterocycles. The van der Waals surface area contributed by atoms with E-state index in [1.807, 2.05) is 35.8 Å². The highest BCUT2D eigenvalue weighted by molar-refractivity contribution is 14.0. The van der Waals surface area contributed by atoms with Crippen molar-refractivity contribution in [1.29, 1.82) is 0 Å². The molecule has 1 aromatic carbocycles. The molecule has 0 aliphatic carbocycles. The number of ether oxygens (including phenoxy) is 1. The summed E-state index contributed by atoms with van der Waals surface area (Å²) in [5, 5.41) is 6.83. The van der Waals surface area contributed by atoms with Gasteiger partial charge in [0.1, 0.15) is 5.75 Å². The number of aryl methyl sites for hydroxylation is 1. The molecule has 0 aliphatic rings. The molecule has 2 rings (SSSR count). The van der Waals surface area contributed by atoms with Crippen LogP contribution in [0.2, 0.25) is 5.02 Å². The number of halogens is 2. The molecule has 154 valence electrons. The maximum absolute atomic E-state index is 12.2. The average Bonchev–Trinajstić information content (AvgIpc) is 2.98. The van der Waals surface area contributed by atoms with Crippen LogP contribution in [0.5, 0.6) is 5.75 Å². The normalized spacial score (nSPS) is 10.8. The van der Waals surface area contributed by atoms with E-state index in [0.29, 0.717) is 36.0 Å². The minimum atomic E-state index is -0.141. The molecule has 9 heteroatoms. The topological polar surface area (TPSA) is 70.9 Å². The van der Waals surface area contributed by atoms with Gasteiger partial charge < -0.3 is 24.8 Å². The first kappa shape index (κ1) is 24.1. The predicted molar refractivity (Wildman–Crippen MR) is 124 cm³/mol. The molecule has 1 amide bonds. The summed E-state index contributed by atoms with van der Waals surface area (Å²) < 4.78 is 7.12. The fourth-order valence-electron chi connectivity index (χ4n) is 2.64. The number of carbonyl (C=O) groups is 1. The maximum atomic E-state index is 12.2. The number of amides is 1. The average molecular weight is 520 g/mol. The lowest BCUT2D eigenvalue weighted by Gasteiger charge is -2.22. The van der Waals surface area contributed by atoms with E-state index in [1.54, 1.807) is 38.4 Å². The third kappa shape index (κ3) is 6.90. The lowest BCUT2D eigenvalue weighted by Crippen LogP contribution is -2.42. The Morgan fingerprint density at radius 2 is 2.00 bits per heavy atom. The van der Waals surface area contributed by atoms with E-state index in [4.69, 9.17) is 16.3 Å². The van der Waals surface area contributed by atoms with Gasteiger partial charge in [-0.3, -0.25) is 9.79 Å². The number of aliphatic imine (C=N–C) groups is 1. The third-order valence-corrected chi connectivity index (χ3v) is 4.28. The Hall–Kier alpha value is -1.94. The summed E-state index contributed by atoms with van der Waals surface area (Å²) >= 11 is 6.03. The van der Waals surface area contributed by atoms with Crippen molar-refractivity contribution in [3.05, 3.63) is 52.8 Å². The maximum Gasteiger partial charge on any atom is 0.251 e. The highest BCUT2D eigenvalue weighted by Crippen LogP contribution is 2.14. The first-order valence-electron chi connectivity index (χ1n) is 8.59. The van der Waals surface area contributed by atoms with Crippen LogP contribution in [-0.4, -0.2) is 55.6 Å². The van der Waals surface area contributed by atoms with Crippen molar-refractivity contribution in [1.82, 2.24) is 20.1 Å². The zero-order chi connectivity index (χ0) is 19.8. The number of methoxy groups -OCH3 is 1. The minimum absolute atomic E-state index is 0. The number of nitrogens with one attached hydrogen (secondary N) is 2. The Kier molecular flexibility index (Phi) is 10.2. The van der Waals surface area contributed by atoms with Gasteiger partial charge in [0.15, 0.2) is 5.96 Å². The molecule has 0 fully saturated rings. The molecule has 7 nitrogen and oxygen atoms in total. The summed E-state index contributed by atoms with van der Waals surface area (Å²) in [5.74, 6) is 1.25. The smallest absolute Gasteiger partial charge is 0.251 e. The summed E-state index contributed by atoms with van der Waals surface area (Å²) in [5.41, 5.74) is 1.65. The summed E-state index contributed by atoms with van der Waals surface area (Å²) in [6, 6.07) is 8.99. The third-order valence-electron chi connectivity index (χ3n) is 4.07.